The van der Waals surface area contributed by atoms with Gasteiger partial charge in [-0.1, -0.05) is 37.3 Å². The Hall–Kier alpha value is -1.15. The zero-order valence-corrected chi connectivity index (χ0v) is 10.5. The van der Waals surface area contributed by atoms with Gasteiger partial charge >= 0.3 is 0 Å². The van der Waals surface area contributed by atoms with Crippen molar-refractivity contribution in [3.63, 3.8) is 0 Å². The topological polar surface area (TPSA) is 20.3 Å². The summed E-state index contributed by atoms with van der Waals surface area (Å²) in [6, 6.07) is 11.2. The Labute approximate surface area is 104 Å². The van der Waals surface area contributed by atoms with Gasteiger partial charge in [-0.3, -0.25) is 4.90 Å². The largest absolute Gasteiger partial charge is 0.303 e. The van der Waals surface area contributed by atoms with Gasteiger partial charge in [-0.05, 0) is 37.9 Å². The molecule has 2 rings (SSSR count). The summed E-state index contributed by atoms with van der Waals surface area (Å²) in [5.41, 5.74) is 1.40. The molecule has 1 aromatic rings. The number of rotatable bonds is 4. The molecule has 92 valence electrons. The van der Waals surface area contributed by atoms with Crippen LogP contribution >= 0.6 is 0 Å². The highest BCUT2D eigenvalue weighted by atomic mass is 16.1. The smallest absolute Gasteiger partial charge is 0.123 e. The second-order valence-electron chi connectivity index (χ2n) is 4.84. The molecule has 1 saturated heterocycles. The maximum atomic E-state index is 10.8. The van der Waals surface area contributed by atoms with Crippen LogP contribution in [-0.4, -0.2) is 24.3 Å². The first kappa shape index (κ1) is 12.3. The van der Waals surface area contributed by atoms with E-state index >= 15 is 0 Å². The van der Waals surface area contributed by atoms with Gasteiger partial charge in [-0.25, -0.2) is 0 Å². The monoisotopic (exact) mass is 231 g/mol. The van der Waals surface area contributed by atoms with Gasteiger partial charge in [0, 0.05) is 12.0 Å². The molecule has 1 aliphatic heterocycles. The molecule has 1 fully saturated rings. The van der Waals surface area contributed by atoms with Gasteiger partial charge in [-0.15, -0.1) is 0 Å². The fraction of sp³-hybridized carbons (Fsp3) is 0.533. The average Bonchev–Trinajstić information content (AvgIpc) is 2.42. The van der Waals surface area contributed by atoms with Crippen molar-refractivity contribution in [3.05, 3.63) is 35.9 Å². The lowest BCUT2D eigenvalue weighted by Gasteiger charge is -2.36. The Balaban J connectivity index is 2.03. The van der Waals surface area contributed by atoms with E-state index < -0.39 is 0 Å². The number of benzene rings is 1. The highest BCUT2D eigenvalue weighted by molar-refractivity contribution is 5.53. The normalized spacial score (nSPS) is 20.1. The average molecular weight is 231 g/mol. The molecule has 0 amide bonds. The molecule has 1 atom stereocenters. The highest BCUT2D eigenvalue weighted by Crippen LogP contribution is 2.28. The number of aldehydes is 1. The molecule has 0 spiro atoms. The second kappa shape index (κ2) is 5.97. The Bertz CT molecular complexity index is 341. The molecule has 1 heterocycles. The van der Waals surface area contributed by atoms with E-state index in [1.807, 2.05) is 0 Å². The lowest BCUT2D eigenvalue weighted by molar-refractivity contribution is -0.112. The van der Waals surface area contributed by atoms with Crippen LogP contribution in [0.15, 0.2) is 30.3 Å². The summed E-state index contributed by atoms with van der Waals surface area (Å²) in [5, 5.41) is 0. The van der Waals surface area contributed by atoms with Crippen LogP contribution in [0.3, 0.4) is 0 Å². The summed E-state index contributed by atoms with van der Waals surface area (Å²) in [6.07, 6.45) is 4.30. The lowest BCUT2D eigenvalue weighted by Crippen LogP contribution is -2.36. The number of nitrogens with zero attached hydrogens (tertiary/aromatic N) is 1. The van der Waals surface area contributed by atoms with Crippen LogP contribution in [-0.2, 0) is 4.79 Å². The van der Waals surface area contributed by atoms with E-state index in [0.29, 0.717) is 12.0 Å². The van der Waals surface area contributed by atoms with E-state index in [1.165, 1.54) is 5.56 Å². The minimum atomic E-state index is 0.291. The van der Waals surface area contributed by atoms with Gasteiger partial charge in [-0.2, -0.15) is 0 Å². The Morgan fingerprint density at radius 1 is 1.29 bits per heavy atom. The number of carbonyl (C=O) groups is 1. The van der Waals surface area contributed by atoms with E-state index in [9.17, 15) is 4.79 Å². The minimum absolute atomic E-state index is 0.291. The molecule has 2 nitrogen and oxygen atoms in total. The molecule has 0 N–H and O–H groups in total. The van der Waals surface area contributed by atoms with Crippen molar-refractivity contribution >= 4 is 6.29 Å². The summed E-state index contributed by atoms with van der Waals surface area (Å²) in [6.45, 7) is 4.34. The van der Waals surface area contributed by atoms with Crippen molar-refractivity contribution in [1.82, 2.24) is 4.90 Å². The molecule has 0 aliphatic carbocycles. The van der Waals surface area contributed by atoms with Gasteiger partial charge in [0.1, 0.15) is 6.29 Å². The van der Waals surface area contributed by atoms with Gasteiger partial charge < -0.3 is 4.79 Å². The maximum absolute atomic E-state index is 10.8. The number of carbonyl (C=O) groups excluding carboxylic acids is 1. The molecule has 0 radical (unpaired) electrons. The van der Waals surface area contributed by atoms with Crippen molar-refractivity contribution in [2.45, 2.75) is 32.2 Å². The van der Waals surface area contributed by atoms with Crippen molar-refractivity contribution in [2.24, 2.45) is 5.92 Å². The fourth-order valence-electron chi connectivity index (χ4n) is 2.75. The fourth-order valence-corrected chi connectivity index (χ4v) is 2.75. The second-order valence-corrected chi connectivity index (χ2v) is 4.84. The molecule has 0 aromatic heterocycles. The van der Waals surface area contributed by atoms with Crippen molar-refractivity contribution in [3.8, 4) is 0 Å². The lowest BCUT2D eigenvalue weighted by atomic mass is 9.94. The third kappa shape index (κ3) is 2.95. The van der Waals surface area contributed by atoms with Crippen LogP contribution in [0.25, 0.3) is 0 Å². The van der Waals surface area contributed by atoms with Crippen molar-refractivity contribution in [2.75, 3.05) is 13.1 Å². The predicted molar refractivity (Wildman–Crippen MR) is 69.8 cm³/mol. The molecule has 0 bridgehead atoms. The molecule has 1 aromatic carbocycles. The Kier molecular flexibility index (Phi) is 4.32. The van der Waals surface area contributed by atoms with Crippen LogP contribution in [0, 0.1) is 5.92 Å². The van der Waals surface area contributed by atoms with E-state index in [4.69, 9.17) is 0 Å². The van der Waals surface area contributed by atoms with Crippen LogP contribution in [0.4, 0.5) is 0 Å². The van der Waals surface area contributed by atoms with Crippen LogP contribution < -0.4 is 0 Å². The summed E-state index contributed by atoms with van der Waals surface area (Å²) in [7, 11) is 0. The van der Waals surface area contributed by atoms with Gasteiger partial charge in [0.05, 0.1) is 0 Å². The van der Waals surface area contributed by atoms with Gasteiger partial charge in [0.15, 0.2) is 0 Å². The van der Waals surface area contributed by atoms with E-state index in [-0.39, 0.29) is 0 Å². The zero-order valence-electron chi connectivity index (χ0n) is 10.5. The Morgan fingerprint density at radius 2 is 1.94 bits per heavy atom. The van der Waals surface area contributed by atoms with Crippen LogP contribution in [0.2, 0.25) is 0 Å². The van der Waals surface area contributed by atoms with Crippen molar-refractivity contribution < 1.29 is 4.79 Å². The third-order valence-electron chi connectivity index (χ3n) is 3.78. The SMILES string of the molecule is CCC(c1ccccc1)N1CCC(C=O)CC1. The Morgan fingerprint density at radius 3 is 2.47 bits per heavy atom. The van der Waals surface area contributed by atoms with E-state index in [1.54, 1.807) is 0 Å². The predicted octanol–water partition coefficient (Wildman–Crippen LogP) is 3.05. The quantitative estimate of drug-likeness (QED) is 0.742. The first-order chi connectivity index (χ1) is 8.35. The molecule has 1 unspecified atom stereocenters. The first-order valence-electron chi connectivity index (χ1n) is 6.59. The van der Waals surface area contributed by atoms with Gasteiger partial charge in [0.25, 0.3) is 0 Å². The molecule has 0 saturated carbocycles. The molecular formula is C15H21NO. The van der Waals surface area contributed by atoms with Crippen LogP contribution in [0.1, 0.15) is 37.8 Å². The summed E-state index contributed by atoms with van der Waals surface area (Å²) >= 11 is 0. The maximum Gasteiger partial charge on any atom is 0.123 e. The molecular weight excluding hydrogens is 210 g/mol. The van der Waals surface area contributed by atoms with Crippen molar-refractivity contribution in [1.29, 1.82) is 0 Å². The van der Waals surface area contributed by atoms with E-state index in [0.717, 1.165) is 38.6 Å². The first-order valence-corrected chi connectivity index (χ1v) is 6.59. The number of hydrogen-bond donors (Lipinski definition) is 0. The van der Waals surface area contributed by atoms with Crippen LogP contribution in [0.5, 0.6) is 0 Å². The third-order valence-corrected chi connectivity index (χ3v) is 3.78. The summed E-state index contributed by atoms with van der Waals surface area (Å²) in [5.74, 6) is 0.291. The minimum Gasteiger partial charge on any atom is -0.303 e. The van der Waals surface area contributed by atoms with E-state index in [2.05, 4.69) is 42.2 Å². The summed E-state index contributed by atoms with van der Waals surface area (Å²) < 4.78 is 0. The number of piperidine rings is 1. The number of likely N-dealkylation sites (tertiary alicyclic amines) is 1. The van der Waals surface area contributed by atoms with Gasteiger partial charge in [0.2, 0.25) is 0 Å². The molecule has 2 heteroatoms. The molecule has 17 heavy (non-hydrogen) atoms. The highest BCUT2D eigenvalue weighted by Gasteiger charge is 2.24. The zero-order chi connectivity index (χ0) is 12.1. The molecule has 1 aliphatic rings. The number of hydrogen-bond acceptors (Lipinski definition) is 2. The standard InChI is InChI=1S/C15H21NO/c1-2-15(14-6-4-3-5-7-14)16-10-8-13(12-17)9-11-16/h3-7,12-13,15H,2,8-11H2,1H3. The summed E-state index contributed by atoms with van der Waals surface area (Å²) in [4.78, 5) is 13.3.